The van der Waals surface area contributed by atoms with E-state index < -0.39 is 0 Å². The number of rotatable bonds is 3. The molecule has 3 aromatic rings. The Balaban J connectivity index is 2.54. The normalized spacial score (nSPS) is 11.1. The zero-order valence-corrected chi connectivity index (χ0v) is 13.0. The van der Waals surface area contributed by atoms with E-state index in [-0.39, 0.29) is 0 Å². The fourth-order valence-electron chi connectivity index (χ4n) is 2.83. The van der Waals surface area contributed by atoms with E-state index in [2.05, 4.69) is 24.9 Å². The van der Waals surface area contributed by atoms with E-state index in [1.54, 1.807) is 21.3 Å². The first-order chi connectivity index (χ1) is 10.1. The minimum atomic E-state index is 0.764. The summed E-state index contributed by atoms with van der Waals surface area (Å²) < 4.78 is 16.4. The van der Waals surface area contributed by atoms with E-state index in [4.69, 9.17) is 14.2 Å². The number of aryl methyl sites for hydroxylation is 2. The van der Waals surface area contributed by atoms with E-state index in [9.17, 15) is 0 Å². The Bertz CT molecular complexity index is 833. The van der Waals surface area contributed by atoms with Crippen LogP contribution in [0, 0.1) is 13.8 Å². The number of nitrogens with one attached hydrogen (secondary N) is 1. The first kappa shape index (κ1) is 13.6. The Labute approximate surface area is 123 Å². The molecule has 0 atom stereocenters. The Morgan fingerprint density at radius 2 is 1.48 bits per heavy atom. The fourth-order valence-corrected chi connectivity index (χ4v) is 2.83. The maximum absolute atomic E-state index is 5.52. The van der Waals surface area contributed by atoms with Crippen LogP contribution >= 0.6 is 0 Å². The van der Waals surface area contributed by atoms with Crippen LogP contribution in [0.4, 0.5) is 0 Å². The van der Waals surface area contributed by atoms with Crippen LogP contribution in [0.25, 0.3) is 21.8 Å². The summed E-state index contributed by atoms with van der Waals surface area (Å²) in [5.74, 6) is 2.38. The number of benzene rings is 2. The standard InChI is InChI=1S/C17H19NO3/c1-9-6-13(20-4)17-15(10(9)2)12-7-11(19-3)8-14(21-5)16(12)18-17/h6-8,18H,1-5H3. The Morgan fingerprint density at radius 1 is 0.810 bits per heavy atom. The van der Waals surface area contributed by atoms with E-state index in [0.29, 0.717) is 0 Å². The first-order valence-corrected chi connectivity index (χ1v) is 6.82. The van der Waals surface area contributed by atoms with Crippen molar-refractivity contribution in [3.63, 3.8) is 0 Å². The molecule has 4 heteroatoms. The molecule has 1 N–H and O–H groups in total. The number of fused-ring (bicyclic) bond motifs is 3. The monoisotopic (exact) mass is 285 g/mol. The maximum atomic E-state index is 5.52. The van der Waals surface area contributed by atoms with Crippen LogP contribution in [0.5, 0.6) is 17.2 Å². The van der Waals surface area contributed by atoms with Gasteiger partial charge in [0, 0.05) is 16.8 Å². The van der Waals surface area contributed by atoms with Gasteiger partial charge >= 0.3 is 0 Å². The van der Waals surface area contributed by atoms with Gasteiger partial charge in [0.05, 0.1) is 32.4 Å². The molecule has 0 aliphatic carbocycles. The van der Waals surface area contributed by atoms with Gasteiger partial charge in [0.15, 0.2) is 0 Å². The average molecular weight is 285 g/mol. The summed E-state index contributed by atoms with van der Waals surface area (Å²) in [4.78, 5) is 3.43. The zero-order chi connectivity index (χ0) is 15.1. The molecule has 3 rings (SSSR count). The molecule has 4 nitrogen and oxygen atoms in total. The third kappa shape index (κ3) is 1.90. The molecule has 0 aliphatic heterocycles. The molecule has 0 amide bonds. The van der Waals surface area contributed by atoms with Crippen molar-refractivity contribution in [1.29, 1.82) is 0 Å². The summed E-state index contributed by atoms with van der Waals surface area (Å²) in [5.41, 5.74) is 4.37. The lowest BCUT2D eigenvalue weighted by Crippen LogP contribution is -1.89. The van der Waals surface area contributed by atoms with Gasteiger partial charge in [-0.15, -0.1) is 0 Å². The lowest BCUT2D eigenvalue weighted by molar-refractivity contribution is 0.397. The van der Waals surface area contributed by atoms with Crippen molar-refractivity contribution in [3.05, 3.63) is 29.3 Å². The topological polar surface area (TPSA) is 43.5 Å². The Kier molecular flexibility index (Phi) is 3.16. The van der Waals surface area contributed by atoms with E-state index >= 15 is 0 Å². The van der Waals surface area contributed by atoms with Crippen LogP contribution in [-0.4, -0.2) is 26.3 Å². The predicted octanol–water partition coefficient (Wildman–Crippen LogP) is 3.96. The molecule has 0 radical (unpaired) electrons. The van der Waals surface area contributed by atoms with Crippen molar-refractivity contribution in [2.75, 3.05) is 21.3 Å². The molecular formula is C17H19NO3. The average Bonchev–Trinajstić information content (AvgIpc) is 2.89. The number of methoxy groups -OCH3 is 3. The maximum Gasteiger partial charge on any atom is 0.146 e. The van der Waals surface area contributed by atoms with Gasteiger partial charge in [0.1, 0.15) is 17.2 Å². The third-order valence-corrected chi connectivity index (χ3v) is 4.08. The highest BCUT2D eigenvalue weighted by molar-refractivity contribution is 6.13. The van der Waals surface area contributed by atoms with Crippen molar-refractivity contribution in [2.24, 2.45) is 0 Å². The van der Waals surface area contributed by atoms with Gasteiger partial charge in [0.2, 0.25) is 0 Å². The molecule has 2 aromatic carbocycles. The SMILES string of the molecule is COc1cc(OC)c2[nH]c3c(OC)cc(C)c(C)c3c2c1. The van der Waals surface area contributed by atoms with Gasteiger partial charge in [-0.2, -0.15) is 0 Å². The summed E-state index contributed by atoms with van der Waals surface area (Å²) in [6.07, 6.45) is 0. The van der Waals surface area contributed by atoms with E-state index in [1.165, 1.54) is 11.1 Å². The van der Waals surface area contributed by atoms with Crippen LogP contribution in [-0.2, 0) is 0 Å². The highest BCUT2D eigenvalue weighted by Crippen LogP contribution is 2.40. The molecule has 0 spiro atoms. The summed E-state index contributed by atoms with van der Waals surface area (Å²) in [7, 11) is 5.01. The lowest BCUT2D eigenvalue weighted by Gasteiger charge is -2.08. The van der Waals surface area contributed by atoms with Crippen molar-refractivity contribution in [3.8, 4) is 17.2 Å². The highest BCUT2D eigenvalue weighted by atomic mass is 16.5. The van der Waals surface area contributed by atoms with Gasteiger partial charge in [-0.1, -0.05) is 0 Å². The van der Waals surface area contributed by atoms with Crippen molar-refractivity contribution in [2.45, 2.75) is 13.8 Å². The first-order valence-electron chi connectivity index (χ1n) is 6.82. The zero-order valence-electron chi connectivity index (χ0n) is 13.0. The highest BCUT2D eigenvalue weighted by Gasteiger charge is 2.17. The number of aromatic amines is 1. The molecular weight excluding hydrogens is 266 g/mol. The van der Waals surface area contributed by atoms with Crippen molar-refractivity contribution in [1.82, 2.24) is 4.98 Å². The summed E-state index contributed by atoms with van der Waals surface area (Å²) in [6.45, 7) is 4.21. The van der Waals surface area contributed by atoms with Crippen molar-refractivity contribution >= 4 is 21.8 Å². The van der Waals surface area contributed by atoms with Gasteiger partial charge in [0.25, 0.3) is 0 Å². The number of aromatic nitrogens is 1. The second-order valence-corrected chi connectivity index (χ2v) is 5.15. The van der Waals surface area contributed by atoms with E-state index in [1.807, 2.05) is 12.1 Å². The van der Waals surface area contributed by atoms with Crippen LogP contribution < -0.4 is 14.2 Å². The summed E-state index contributed by atoms with van der Waals surface area (Å²) in [5, 5.41) is 2.24. The smallest absolute Gasteiger partial charge is 0.146 e. The van der Waals surface area contributed by atoms with Crippen molar-refractivity contribution < 1.29 is 14.2 Å². The van der Waals surface area contributed by atoms with E-state index in [0.717, 1.165) is 39.1 Å². The molecule has 0 bridgehead atoms. The molecule has 21 heavy (non-hydrogen) atoms. The molecule has 0 aliphatic rings. The van der Waals surface area contributed by atoms with Gasteiger partial charge in [-0.3, -0.25) is 0 Å². The van der Waals surface area contributed by atoms with Gasteiger partial charge < -0.3 is 19.2 Å². The quantitative estimate of drug-likeness (QED) is 0.792. The number of ether oxygens (including phenoxy) is 3. The minimum Gasteiger partial charge on any atom is -0.497 e. The number of hydrogen-bond donors (Lipinski definition) is 1. The minimum absolute atomic E-state index is 0.764. The summed E-state index contributed by atoms with van der Waals surface area (Å²) in [6, 6.07) is 5.96. The number of hydrogen-bond acceptors (Lipinski definition) is 3. The molecule has 0 saturated carbocycles. The fraction of sp³-hybridized carbons (Fsp3) is 0.294. The molecule has 0 unspecified atom stereocenters. The molecule has 1 aromatic heterocycles. The Morgan fingerprint density at radius 3 is 2.10 bits per heavy atom. The predicted molar refractivity (Wildman–Crippen MR) is 84.9 cm³/mol. The number of H-pyrrole nitrogens is 1. The second-order valence-electron chi connectivity index (χ2n) is 5.15. The van der Waals surface area contributed by atoms with Crippen LogP contribution in [0.15, 0.2) is 18.2 Å². The van der Waals surface area contributed by atoms with Crippen LogP contribution in [0.1, 0.15) is 11.1 Å². The third-order valence-electron chi connectivity index (χ3n) is 4.08. The second kappa shape index (κ2) is 4.88. The van der Waals surface area contributed by atoms with Gasteiger partial charge in [-0.05, 0) is 37.1 Å². The molecule has 110 valence electrons. The molecule has 0 fully saturated rings. The largest absolute Gasteiger partial charge is 0.497 e. The Hall–Kier alpha value is -2.36. The van der Waals surface area contributed by atoms with Gasteiger partial charge in [-0.25, -0.2) is 0 Å². The molecule has 1 heterocycles. The lowest BCUT2D eigenvalue weighted by atomic mass is 10.0. The summed E-state index contributed by atoms with van der Waals surface area (Å²) >= 11 is 0. The molecule has 0 saturated heterocycles. The van der Waals surface area contributed by atoms with Crippen LogP contribution in [0.2, 0.25) is 0 Å². The van der Waals surface area contributed by atoms with Crippen LogP contribution in [0.3, 0.4) is 0 Å².